The number of cyclic esters (lactones) is 2. The Kier molecular flexibility index (Phi) is 5.50. The summed E-state index contributed by atoms with van der Waals surface area (Å²) in [6, 6.07) is 4.18. The van der Waals surface area contributed by atoms with Gasteiger partial charge in [0.15, 0.2) is 0 Å². The summed E-state index contributed by atoms with van der Waals surface area (Å²) in [7, 11) is 1.32. The van der Waals surface area contributed by atoms with E-state index in [1.54, 1.807) is 0 Å². The van der Waals surface area contributed by atoms with Crippen LogP contribution in [-0.2, 0) is 18.0 Å². The van der Waals surface area contributed by atoms with E-state index in [1.165, 1.54) is 39.5 Å². The minimum Gasteiger partial charge on any atom is -0.386 e. The Balaban J connectivity index is 2.25. The Hall–Kier alpha value is -2.07. The molecule has 130 valence electrons. The van der Waals surface area contributed by atoms with E-state index in [9.17, 15) is 14.4 Å². The molecule has 1 atom stereocenters. The van der Waals surface area contributed by atoms with Crippen molar-refractivity contribution in [3.8, 4) is 0 Å². The standard InChI is InChI=1S/C15H19NO7Si/c1-5-12(24(20-2,21-3)22-4)16-13(17)9-6-7-10-11(8-9)15(19)23-14(10)18/h6-8,12H,5H2,1-4H3,(H,16,17). The second-order valence-electron chi connectivity index (χ2n) is 5.09. The summed E-state index contributed by atoms with van der Waals surface area (Å²) in [6.45, 7) is 1.86. The third kappa shape index (κ3) is 3.11. The monoisotopic (exact) mass is 353 g/mol. The first-order chi connectivity index (χ1) is 11.4. The third-order valence-electron chi connectivity index (χ3n) is 3.90. The van der Waals surface area contributed by atoms with Crippen molar-refractivity contribution in [1.82, 2.24) is 5.32 Å². The fraction of sp³-hybridized carbons (Fsp3) is 0.400. The van der Waals surface area contributed by atoms with E-state index in [4.69, 9.17) is 13.3 Å². The van der Waals surface area contributed by atoms with Crippen LogP contribution >= 0.6 is 0 Å². The van der Waals surface area contributed by atoms with Crippen LogP contribution in [-0.4, -0.2) is 53.6 Å². The molecular weight excluding hydrogens is 334 g/mol. The van der Waals surface area contributed by atoms with Crippen LogP contribution in [0.25, 0.3) is 0 Å². The van der Waals surface area contributed by atoms with Crippen molar-refractivity contribution < 1.29 is 32.4 Å². The molecule has 1 aromatic rings. The number of carbonyl (C=O) groups is 3. The van der Waals surface area contributed by atoms with Gasteiger partial charge in [0.05, 0.1) is 16.8 Å². The summed E-state index contributed by atoms with van der Waals surface area (Å²) in [6.07, 6.45) is 0.527. The molecule has 0 spiro atoms. The molecule has 2 rings (SSSR count). The summed E-state index contributed by atoms with van der Waals surface area (Å²) >= 11 is 0. The second-order valence-corrected chi connectivity index (χ2v) is 8.22. The summed E-state index contributed by atoms with van der Waals surface area (Å²) < 4.78 is 20.7. The Morgan fingerprint density at radius 3 is 2.25 bits per heavy atom. The first-order valence-corrected chi connectivity index (χ1v) is 9.09. The van der Waals surface area contributed by atoms with Crippen molar-refractivity contribution in [2.45, 2.75) is 19.0 Å². The molecule has 0 saturated heterocycles. The van der Waals surface area contributed by atoms with Crippen LogP contribution in [0.15, 0.2) is 18.2 Å². The zero-order valence-electron chi connectivity index (χ0n) is 13.9. The maximum atomic E-state index is 12.5. The van der Waals surface area contributed by atoms with Crippen LogP contribution in [0.4, 0.5) is 0 Å². The lowest BCUT2D eigenvalue weighted by atomic mass is 10.1. The zero-order chi connectivity index (χ0) is 17.9. The molecule has 1 unspecified atom stereocenters. The molecular formula is C15H19NO7Si. The van der Waals surface area contributed by atoms with E-state index >= 15 is 0 Å². The topological polar surface area (TPSA) is 100 Å². The van der Waals surface area contributed by atoms with Gasteiger partial charge in [-0.05, 0) is 24.6 Å². The zero-order valence-corrected chi connectivity index (χ0v) is 14.9. The van der Waals surface area contributed by atoms with Gasteiger partial charge in [-0.1, -0.05) is 6.92 Å². The number of hydrogen-bond acceptors (Lipinski definition) is 7. The van der Waals surface area contributed by atoms with Gasteiger partial charge in [-0.3, -0.25) is 4.79 Å². The van der Waals surface area contributed by atoms with Gasteiger partial charge in [-0.2, -0.15) is 0 Å². The van der Waals surface area contributed by atoms with Crippen LogP contribution in [0.5, 0.6) is 0 Å². The lowest BCUT2D eigenvalue weighted by molar-refractivity contribution is 0.0443. The molecule has 0 radical (unpaired) electrons. The smallest absolute Gasteiger partial charge is 0.386 e. The molecule has 0 bridgehead atoms. The maximum Gasteiger partial charge on any atom is 0.523 e. The van der Waals surface area contributed by atoms with Crippen molar-refractivity contribution in [3.05, 3.63) is 34.9 Å². The highest BCUT2D eigenvalue weighted by atomic mass is 28.4. The van der Waals surface area contributed by atoms with E-state index in [1.807, 2.05) is 6.92 Å². The van der Waals surface area contributed by atoms with E-state index < -0.39 is 32.3 Å². The van der Waals surface area contributed by atoms with Crippen LogP contribution in [0, 0.1) is 0 Å². The molecule has 0 fully saturated rings. The number of amides is 1. The second kappa shape index (κ2) is 7.22. The maximum absolute atomic E-state index is 12.5. The highest BCUT2D eigenvalue weighted by Crippen LogP contribution is 2.22. The third-order valence-corrected chi connectivity index (χ3v) is 7.01. The Labute approximate surface area is 140 Å². The van der Waals surface area contributed by atoms with Gasteiger partial charge in [0.25, 0.3) is 5.91 Å². The summed E-state index contributed by atoms with van der Waals surface area (Å²) in [5.74, 6) is -1.90. The number of fused-ring (bicyclic) bond motifs is 1. The van der Waals surface area contributed by atoms with Crippen molar-refractivity contribution in [2.75, 3.05) is 21.3 Å². The molecule has 0 saturated carbocycles. The van der Waals surface area contributed by atoms with Crippen molar-refractivity contribution >= 4 is 26.7 Å². The molecule has 8 nitrogen and oxygen atoms in total. The van der Waals surface area contributed by atoms with E-state index in [0.717, 1.165) is 0 Å². The number of nitrogens with one attached hydrogen (secondary N) is 1. The van der Waals surface area contributed by atoms with E-state index in [-0.39, 0.29) is 16.7 Å². The molecule has 0 aliphatic carbocycles. The van der Waals surface area contributed by atoms with Gasteiger partial charge >= 0.3 is 20.7 Å². The first-order valence-electron chi connectivity index (χ1n) is 7.29. The average Bonchev–Trinajstić information content (AvgIpc) is 2.89. The average molecular weight is 353 g/mol. The number of esters is 2. The predicted molar refractivity (Wildman–Crippen MR) is 84.5 cm³/mol. The number of ether oxygens (including phenoxy) is 1. The van der Waals surface area contributed by atoms with Gasteiger partial charge in [0.1, 0.15) is 0 Å². The quantitative estimate of drug-likeness (QED) is 0.442. The predicted octanol–water partition coefficient (Wildman–Crippen LogP) is 0.923. The number of benzene rings is 1. The summed E-state index contributed by atoms with van der Waals surface area (Å²) in [4.78, 5) is 35.5. The largest absolute Gasteiger partial charge is 0.523 e. The Bertz CT molecular complexity index is 664. The number of carbonyl (C=O) groups excluding carboxylic acids is 3. The van der Waals surface area contributed by atoms with Gasteiger partial charge in [-0.15, -0.1) is 0 Å². The van der Waals surface area contributed by atoms with E-state index in [2.05, 4.69) is 10.1 Å². The lowest BCUT2D eigenvalue weighted by Crippen LogP contribution is -2.61. The fourth-order valence-corrected chi connectivity index (χ4v) is 4.75. The van der Waals surface area contributed by atoms with Gasteiger partial charge in [0.2, 0.25) is 0 Å². The SMILES string of the molecule is CCC(NC(=O)c1ccc2c(c1)C(=O)OC2=O)[Si](OC)(OC)OC. The number of rotatable bonds is 7. The van der Waals surface area contributed by atoms with Crippen molar-refractivity contribution in [1.29, 1.82) is 0 Å². The molecule has 1 aliphatic heterocycles. The minimum absolute atomic E-state index is 0.0782. The Morgan fingerprint density at radius 1 is 1.12 bits per heavy atom. The van der Waals surface area contributed by atoms with Crippen LogP contribution < -0.4 is 5.32 Å². The van der Waals surface area contributed by atoms with Gasteiger partial charge in [-0.25, -0.2) is 9.59 Å². The molecule has 1 heterocycles. The lowest BCUT2D eigenvalue weighted by Gasteiger charge is -2.32. The fourth-order valence-electron chi connectivity index (χ4n) is 2.59. The van der Waals surface area contributed by atoms with Crippen molar-refractivity contribution in [3.63, 3.8) is 0 Å². The summed E-state index contributed by atoms with van der Waals surface area (Å²) in [5, 5.41) is 2.80. The molecule has 1 aromatic carbocycles. The first kappa shape index (κ1) is 18.3. The van der Waals surface area contributed by atoms with Crippen LogP contribution in [0.1, 0.15) is 44.4 Å². The molecule has 9 heteroatoms. The Morgan fingerprint density at radius 2 is 1.71 bits per heavy atom. The molecule has 24 heavy (non-hydrogen) atoms. The normalized spacial score (nSPS) is 15.0. The van der Waals surface area contributed by atoms with Crippen LogP contribution in [0.2, 0.25) is 0 Å². The molecule has 1 amide bonds. The van der Waals surface area contributed by atoms with Crippen LogP contribution in [0.3, 0.4) is 0 Å². The molecule has 1 N–H and O–H groups in total. The van der Waals surface area contributed by atoms with E-state index in [0.29, 0.717) is 6.42 Å². The summed E-state index contributed by atoms with van der Waals surface area (Å²) in [5.41, 5.74) is -0.00989. The van der Waals surface area contributed by atoms with Gasteiger partial charge in [0, 0.05) is 26.9 Å². The number of hydrogen-bond donors (Lipinski definition) is 1. The molecule has 1 aliphatic rings. The minimum atomic E-state index is -3.07. The van der Waals surface area contributed by atoms with Crippen molar-refractivity contribution in [2.24, 2.45) is 0 Å². The highest BCUT2D eigenvalue weighted by Gasteiger charge is 2.47. The highest BCUT2D eigenvalue weighted by molar-refractivity contribution is 6.62. The molecule has 0 aromatic heterocycles. The van der Waals surface area contributed by atoms with Gasteiger partial charge < -0.3 is 23.3 Å².